The topological polar surface area (TPSA) is 67.9 Å². The van der Waals surface area contributed by atoms with Crippen LogP contribution in [0, 0.1) is 17.2 Å². The smallest absolute Gasteiger partial charge is 0.263 e. The Hall–Kier alpha value is -1.36. The third-order valence-corrected chi connectivity index (χ3v) is 7.38. The highest BCUT2D eigenvalue weighted by Crippen LogP contribution is 2.37. The molecule has 2 aromatic heterocycles. The molecule has 1 saturated heterocycles. The van der Waals surface area contributed by atoms with Crippen molar-refractivity contribution in [1.29, 1.82) is 5.26 Å². The van der Waals surface area contributed by atoms with Gasteiger partial charge in [0.05, 0.1) is 29.4 Å². The number of hydrogen-bond donors (Lipinski definition) is 0. The van der Waals surface area contributed by atoms with Crippen molar-refractivity contribution < 1.29 is 4.74 Å². The largest absolute Gasteiger partial charge is 0.376 e. The van der Waals surface area contributed by atoms with E-state index in [-0.39, 0.29) is 16.9 Å². The molecule has 0 spiro atoms. The Morgan fingerprint density at radius 3 is 3.08 bits per heavy atom. The molecule has 0 amide bonds. The number of aromatic nitrogens is 2. The quantitative estimate of drug-likeness (QED) is 0.588. The second kappa shape index (κ2) is 7.34. The number of nitrogens with zero attached hydrogens (tertiary/aromatic N) is 3. The number of fused-ring (bicyclic) bond motifs is 3. The van der Waals surface area contributed by atoms with Crippen molar-refractivity contribution in [3.63, 3.8) is 0 Å². The van der Waals surface area contributed by atoms with Gasteiger partial charge >= 0.3 is 0 Å². The predicted octanol–water partition coefficient (Wildman–Crippen LogP) is 3.77. The van der Waals surface area contributed by atoms with E-state index in [4.69, 9.17) is 9.72 Å². The zero-order valence-corrected chi connectivity index (χ0v) is 16.8. The molecule has 3 atom stereocenters. The molecule has 0 aromatic carbocycles. The van der Waals surface area contributed by atoms with Crippen molar-refractivity contribution in [2.45, 2.75) is 69.0 Å². The Balaban J connectivity index is 1.84. The number of hydrogen-bond acceptors (Lipinski definition) is 6. The van der Waals surface area contributed by atoms with Gasteiger partial charge in [-0.3, -0.25) is 9.36 Å². The van der Waals surface area contributed by atoms with Gasteiger partial charge in [-0.05, 0) is 50.5 Å². The van der Waals surface area contributed by atoms with Gasteiger partial charge in [-0.1, -0.05) is 18.7 Å². The summed E-state index contributed by atoms with van der Waals surface area (Å²) >= 11 is 3.04. The van der Waals surface area contributed by atoms with Crippen LogP contribution in [0.3, 0.4) is 0 Å². The zero-order chi connectivity index (χ0) is 18.3. The maximum atomic E-state index is 13.4. The van der Waals surface area contributed by atoms with E-state index >= 15 is 0 Å². The lowest BCUT2D eigenvalue weighted by molar-refractivity contribution is 0.0937. The van der Waals surface area contributed by atoms with E-state index in [1.165, 1.54) is 22.2 Å². The Bertz CT molecular complexity index is 921. The van der Waals surface area contributed by atoms with E-state index in [0.717, 1.165) is 48.9 Å². The van der Waals surface area contributed by atoms with Crippen LogP contribution in [0.2, 0.25) is 0 Å². The van der Waals surface area contributed by atoms with E-state index in [1.54, 1.807) is 15.9 Å². The molecule has 26 heavy (non-hydrogen) atoms. The molecule has 2 aliphatic rings. The predicted molar refractivity (Wildman–Crippen MR) is 105 cm³/mol. The highest BCUT2D eigenvalue weighted by Gasteiger charge is 2.26. The lowest BCUT2D eigenvalue weighted by Crippen LogP contribution is -2.29. The summed E-state index contributed by atoms with van der Waals surface area (Å²) in [5.74, 6) is 0.664. The van der Waals surface area contributed by atoms with Crippen molar-refractivity contribution in [1.82, 2.24) is 9.55 Å². The Kier molecular flexibility index (Phi) is 5.09. The van der Waals surface area contributed by atoms with Crippen molar-refractivity contribution in [2.75, 3.05) is 6.61 Å². The van der Waals surface area contributed by atoms with Gasteiger partial charge in [-0.15, -0.1) is 11.3 Å². The van der Waals surface area contributed by atoms with Gasteiger partial charge in [0.2, 0.25) is 0 Å². The normalized spacial score (nSPS) is 23.7. The van der Waals surface area contributed by atoms with Gasteiger partial charge in [-0.25, -0.2) is 4.98 Å². The number of thiophene rings is 1. The molecule has 0 radical (unpaired) electrons. The Labute approximate surface area is 161 Å². The number of rotatable bonds is 4. The minimum atomic E-state index is -0.246. The third kappa shape index (κ3) is 3.30. The Morgan fingerprint density at radius 2 is 2.35 bits per heavy atom. The maximum absolute atomic E-state index is 13.4. The second-order valence-corrected chi connectivity index (χ2v) is 9.76. The summed E-state index contributed by atoms with van der Waals surface area (Å²) in [6.45, 7) is 5.41. The van der Waals surface area contributed by atoms with Crippen LogP contribution in [-0.4, -0.2) is 27.5 Å². The number of nitriles is 1. The van der Waals surface area contributed by atoms with E-state index in [0.29, 0.717) is 17.6 Å². The first-order valence-corrected chi connectivity index (χ1v) is 11.0. The van der Waals surface area contributed by atoms with Crippen LogP contribution < -0.4 is 5.56 Å². The molecule has 1 aliphatic carbocycles. The summed E-state index contributed by atoms with van der Waals surface area (Å²) in [4.78, 5) is 20.4. The molecule has 7 heteroatoms. The van der Waals surface area contributed by atoms with Crippen molar-refractivity contribution >= 4 is 33.3 Å². The number of ether oxygens (including phenoxy) is 1. The summed E-state index contributed by atoms with van der Waals surface area (Å²) in [5, 5.41) is 10.4. The molecule has 138 valence electrons. The van der Waals surface area contributed by atoms with Crippen LogP contribution in [-0.2, 0) is 24.1 Å². The lowest BCUT2D eigenvalue weighted by atomic mass is 9.89. The average molecular weight is 390 g/mol. The molecule has 0 N–H and O–H groups in total. The Morgan fingerprint density at radius 1 is 1.50 bits per heavy atom. The highest BCUT2D eigenvalue weighted by molar-refractivity contribution is 8.00. The first-order chi connectivity index (χ1) is 12.6. The second-order valence-electron chi connectivity index (χ2n) is 7.37. The van der Waals surface area contributed by atoms with Crippen LogP contribution in [0.25, 0.3) is 10.2 Å². The fourth-order valence-corrected chi connectivity index (χ4v) is 6.06. The first kappa shape index (κ1) is 18.0. The van der Waals surface area contributed by atoms with Gasteiger partial charge in [0.25, 0.3) is 5.56 Å². The minimum Gasteiger partial charge on any atom is -0.376 e. The fourth-order valence-electron chi connectivity index (χ4n) is 3.83. The average Bonchev–Trinajstić information content (AvgIpc) is 3.24. The molecule has 1 fully saturated rings. The molecule has 0 bridgehead atoms. The van der Waals surface area contributed by atoms with Gasteiger partial charge in [0.1, 0.15) is 4.83 Å². The van der Waals surface area contributed by atoms with Crippen molar-refractivity contribution in [3.05, 3.63) is 20.8 Å². The highest BCUT2D eigenvalue weighted by atomic mass is 32.2. The summed E-state index contributed by atoms with van der Waals surface area (Å²) in [6.07, 6.45) is 5.22. The molecular formula is C19H23N3O2S2. The summed E-state index contributed by atoms with van der Waals surface area (Å²) in [5.41, 5.74) is 1.26. The zero-order valence-electron chi connectivity index (χ0n) is 15.2. The molecule has 1 aliphatic heterocycles. The van der Waals surface area contributed by atoms with Gasteiger partial charge < -0.3 is 4.74 Å². The van der Waals surface area contributed by atoms with Crippen LogP contribution in [0.1, 0.15) is 43.6 Å². The molecule has 3 heterocycles. The van der Waals surface area contributed by atoms with Gasteiger partial charge in [0.15, 0.2) is 5.16 Å². The van der Waals surface area contributed by atoms with E-state index in [9.17, 15) is 10.1 Å². The van der Waals surface area contributed by atoms with E-state index < -0.39 is 0 Å². The first-order valence-electron chi connectivity index (χ1n) is 9.29. The fraction of sp³-hybridized carbons (Fsp3) is 0.632. The minimum absolute atomic E-state index is 0.0465. The van der Waals surface area contributed by atoms with Crippen molar-refractivity contribution in [3.8, 4) is 6.07 Å². The third-order valence-electron chi connectivity index (χ3n) is 5.25. The molecule has 0 unspecified atom stereocenters. The van der Waals surface area contributed by atoms with Crippen molar-refractivity contribution in [2.24, 2.45) is 5.92 Å². The molecule has 0 saturated carbocycles. The number of aryl methyl sites for hydroxylation is 1. The molecular weight excluding hydrogens is 366 g/mol. The van der Waals surface area contributed by atoms with Crippen LogP contribution >= 0.6 is 23.1 Å². The molecule has 2 aromatic rings. The lowest BCUT2D eigenvalue weighted by Gasteiger charge is -2.18. The number of thioether (sulfide) groups is 1. The monoisotopic (exact) mass is 389 g/mol. The van der Waals surface area contributed by atoms with Crippen LogP contribution in [0.15, 0.2) is 9.95 Å². The van der Waals surface area contributed by atoms with Crippen LogP contribution in [0.5, 0.6) is 0 Å². The summed E-state index contributed by atoms with van der Waals surface area (Å²) in [7, 11) is 0. The summed E-state index contributed by atoms with van der Waals surface area (Å²) < 4.78 is 7.53. The molecule has 5 nitrogen and oxygen atoms in total. The van der Waals surface area contributed by atoms with Crippen LogP contribution in [0.4, 0.5) is 0 Å². The standard InChI is InChI=1S/C19H23N3O2S2/c1-11-5-6-14-15(8-11)26-17-16(14)18(23)22(10-13-4-3-7-24-13)19(21-17)25-12(2)9-20/h11-13H,3-8,10H2,1-2H3/t11-,12-,13-/m0/s1. The maximum Gasteiger partial charge on any atom is 0.263 e. The van der Waals surface area contributed by atoms with E-state index in [2.05, 4.69) is 13.0 Å². The van der Waals surface area contributed by atoms with E-state index in [1.807, 2.05) is 6.92 Å². The summed E-state index contributed by atoms with van der Waals surface area (Å²) in [6, 6.07) is 2.24. The van der Waals surface area contributed by atoms with Gasteiger partial charge in [0, 0.05) is 11.5 Å². The molecule has 4 rings (SSSR count). The SMILES string of the molecule is C[C@H]1CCc2c(sc3nc(S[C@@H](C)C#N)n(C[C@@H]4CCCO4)c(=O)c23)C1. The van der Waals surface area contributed by atoms with Gasteiger partial charge in [-0.2, -0.15) is 5.26 Å².